The maximum absolute atomic E-state index is 9.66. The van der Waals surface area contributed by atoms with E-state index in [1.165, 1.54) is 37.7 Å². The van der Waals surface area contributed by atoms with Crippen molar-refractivity contribution in [2.24, 2.45) is 22.2 Å². The first-order valence-electron chi connectivity index (χ1n) is 6.83. The van der Waals surface area contributed by atoms with Crippen molar-refractivity contribution >= 4 is 0 Å². The Morgan fingerprint density at radius 3 is 2.75 bits per heavy atom. The fourth-order valence-electron chi connectivity index (χ4n) is 5.89. The van der Waals surface area contributed by atoms with Crippen LogP contribution >= 0.6 is 0 Å². The van der Waals surface area contributed by atoms with Gasteiger partial charge in [0.05, 0.1) is 6.61 Å². The molecule has 0 heterocycles. The second-order valence-corrected chi connectivity index (χ2v) is 6.84. The average Bonchev–Trinajstić information content (AvgIpc) is 2.77. The van der Waals surface area contributed by atoms with Gasteiger partial charge < -0.3 is 5.11 Å². The van der Waals surface area contributed by atoms with Gasteiger partial charge in [0, 0.05) is 0 Å². The van der Waals surface area contributed by atoms with Crippen molar-refractivity contribution in [3.05, 3.63) is 11.6 Å². The Labute approximate surface area is 98.9 Å². The van der Waals surface area contributed by atoms with Gasteiger partial charge in [0.2, 0.25) is 0 Å². The van der Waals surface area contributed by atoms with Crippen LogP contribution < -0.4 is 0 Å². The highest BCUT2D eigenvalue weighted by Gasteiger charge is 2.69. The molecule has 3 aliphatic carbocycles. The number of aliphatic hydroxyl groups is 1. The van der Waals surface area contributed by atoms with Crippen molar-refractivity contribution in [1.82, 2.24) is 0 Å². The zero-order valence-corrected chi connectivity index (χ0v) is 10.8. The molecule has 0 saturated heterocycles. The van der Waals surface area contributed by atoms with Crippen LogP contribution in [0.4, 0.5) is 0 Å². The molecule has 0 radical (unpaired) electrons. The lowest BCUT2D eigenvalue weighted by atomic mass is 9.55. The van der Waals surface area contributed by atoms with E-state index in [1.807, 2.05) is 0 Å². The molecule has 0 aromatic rings. The average molecular weight is 220 g/mol. The molecule has 1 nitrogen and oxygen atoms in total. The summed E-state index contributed by atoms with van der Waals surface area (Å²) in [5.74, 6) is 0.824. The summed E-state index contributed by atoms with van der Waals surface area (Å²) in [4.78, 5) is 0. The molecule has 4 atom stereocenters. The predicted octanol–water partition coefficient (Wildman–Crippen LogP) is 3.53. The maximum Gasteiger partial charge on any atom is 0.0647 e. The summed E-state index contributed by atoms with van der Waals surface area (Å²) >= 11 is 0. The van der Waals surface area contributed by atoms with Gasteiger partial charge in [0.1, 0.15) is 0 Å². The van der Waals surface area contributed by atoms with Crippen LogP contribution in [0.3, 0.4) is 0 Å². The first-order valence-corrected chi connectivity index (χ1v) is 6.83. The topological polar surface area (TPSA) is 20.2 Å². The zero-order valence-electron chi connectivity index (χ0n) is 10.8. The van der Waals surface area contributed by atoms with E-state index in [1.54, 1.807) is 0 Å². The monoisotopic (exact) mass is 220 g/mol. The molecule has 0 aromatic heterocycles. The van der Waals surface area contributed by atoms with E-state index in [2.05, 4.69) is 26.8 Å². The normalized spacial score (nSPS) is 55.0. The van der Waals surface area contributed by atoms with Gasteiger partial charge in [-0.2, -0.15) is 0 Å². The molecular weight excluding hydrogens is 196 g/mol. The van der Waals surface area contributed by atoms with Crippen LogP contribution in [0.5, 0.6) is 0 Å². The van der Waals surface area contributed by atoms with Crippen LogP contribution in [0.15, 0.2) is 11.6 Å². The first kappa shape index (κ1) is 10.8. The SMILES string of the molecule is CC1CCC2(C)C(CO)=CC3(C)CCCC132. The standard InChI is InChI=1S/C15H24O/c1-11-5-8-14(3)12(10-16)9-13(2)6-4-7-15(11,13)14/h9,11,16H,4-8,10H2,1-3H3. The number of hydrogen-bond donors (Lipinski definition) is 1. The fraction of sp³-hybridized carbons (Fsp3) is 0.867. The lowest BCUT2D eigenvalue weighted by Gasteiger charge is -2.48. The number of aliphatic hydroxyl groups excluding tert-OH is 1. The van der Waals surface area contributed by atoms with Crippen molar-refractivity contribution < 1.29 is 5.11 Å². The Morgan fingerprint density at radius 1 is 1.31 bits per heavy atom. The van der Waals surface area contributed by atoms with Crippen LogP contribution in [0.2, 0.25) is 0 Å². The number of rotatable bonds is 1. The highest BCUT2D eigenvalue weighted by atomic mass is 16.3. The second-order valence-electron chi connectivity index (χ2n) is 6.84. The Bertz CT molecular complexity index is 358. The molecule has 4 unspecified atom stereocenters. The highest BCUT2D eigenvalue weighted by molar-refractivity contribution is 5.38. The highest BCUT2D eigenvalue weighted by Crippen LogP contribution is 2.77. The van der Waals surface area contributed by atoms with E-state index >= 15 is 0 Å². The van der Waals surface area contributed by atoms with Crippen LogP contribution in [-0.2, 0) is 0 Å². The minimum Gasteiger partial charge on any atom is -0.392 e. The zero-order chi connectivity index (χ0) is 11.6. The molecule has 3 rings (SSSR count). The van der Waals surface area contributed by atoms with Gasteiger partial charge in [-0.1, -0.05) is 33.3 Å². The molecular formula is C15H24O. The lowest BCUT2D eigenvalue weighted by Crippen LogP contribution is -2.43. The van der Waals surface area contributed by atoms with Gasteiger partial charge in [0.25, 0.3) is 0 Å². The third-order valence-corrected chi connectivity index (χ3v) is 6.56. The smallest absolute Gasteiger partial charge is 0.0647 e. The van der Waals surface area contributed by atoms with Crippen molar-refractivity contribution in [2.45, 2.75) is 52.9 Å². The summed E-state index contributed by atoms with van der Waals surface area (Å²) in [7, 11) is 0. The summed E-state index contributed by atoms with van der Waals surface area (Å²) in [6, 6.07) is 0. The fourth-order valence-corrected chi connectivity index (χ4v) is 5.89. The Kier molecular flexibility index (Phi) is 1.98. The minimum absolute atomic E-state index is 0.278. The lowest BCUT2D eigenvalue weighted by molar-refractivity contribution is 0.0191. The molecule has 2 saturated carbocycles. The van der Waals surface area contributed by atoms with E-state index < -0.39 is 0 Å². The van der Waals surface area contributed by atoms with Crippen LogP contribution in [0.25, 0.3) is 0 Å². The molecule has 1 N–H and O–H groups in total. The molecule has 0 amide bonds. The van der Waals surface area contributed by atoms with E-state index in [0.29, 0.717) is 16.2 Å². The summed E-state index contributed by atoms with van der Waals surface area (Å²) in [5.41, 5.74) is 2.49. The summed E-state index contributed by atoms with van der Waals surface area (Å²) < 4.78 is 0. The molecule has 1 heteroatoms. The largest absolute Gasteiger partial charge is 0.392 e. The van der Waals surface area contributed by atoms with Crippen molar-refractivity contribution in [3.8, 4) is 0 Å². The molecule has 2 fully saturated rings. The van der Waals surface area contributed by atoms with Gasteiger partial charge >= 0.3 is 0 Å². The van der Waals surface area contributed by atoms with E-state index in [9.17, 15) is 5.11 Å². The van der Waals surface area contributed by atoms with Crippen molar-refractivity contribution in [3.63, 3.8) is 0 Å². The second kappa shape index (κ2) is 2.93. The maximum atomic E-state index is 9.66. The third-order valence-electron chi connectivity index (χ3n) is 6.56. The van der Waals surface area contributed by atoms with Gasteiger partial charge in [0.15, 0.2) is 0 Å². The Balaban J connectivity index is 2.19. The predicted molar refractivity (Wildman–Crippen MR) is 66.1 cm³/mol. The Morgan fingerprint density at radius 2 is 2.06 bits per heavy atom. The van der Waals surface area contributed by atoms with Gasteiger partial charge in [-0.3, -0.25) is 0 Å². The van der Waals surface area contributed by atoms with Crippen LogP contribution in [0.1, 0.15) is 52.9 Å². The van der Waals surface area contributed by atoms with E-state index in [-0.39, 0.29) is 6.61 Å². The molecule has 16 heavy (non-hydrogen) atoms. The van der Waals surface area contributed by atoms with Gasteiger partial charge in [-0.15, -0.1) is 0 Å². The molecule has 90 valence electrons. The molecule has 0 bridgehead atoms. The van der Waals surface area contributed by atoms with Crippen molar-refractivity contribution in [1.29, 1.82) is 0 Å². The molecule has 0 aromatic carbocycles. The minimum atomic E-state index is 0.278. The van der Waals surface area contributed by atoms with Gasteiger partial charge in [-0.25, -0.2) is 0 Å². The quantitative estimate of drug-likeness (QED) is 0.670. The molecule has 1 spiro atoms. The summed E-state index contributed by atoms with van der Waals surface area (Å²) in [6.45, 7) is 7.60. The van der Waals surface area contributed by atoms with E-state index in [0.717, 1.165) is 5.92 Å². The summed E-state index contributed by atoms with van der Waals surface area (Å²) in [5, 5.41) is 9.66. The Hall–Kier alpha value is -0.300. The van der Waals surface area contributed by atoms with Crippen molar-refractivity contribution in [2.75, 3.05) is 6.61 Å². The van der Waals surface area contributed by atoms with E-state index in [4.69, 9.17) is 0 Å². The summed E-state index contributed by atoms with van der Waals surface area (Å²) in [6.07, 6.45) is 9.18. The molecule has 3 aliphatic rings. The number of allylic oxidation sites excluding steroid dienone is 1. The van der Waals surface area contributed by atoms with Gasteiger partial charge in [-0.05, 0) is 53.4 Å². The van der Waals surface area contributed by atoms with Crippen LogP contribution in [0, 0.1) is 22.2 Å². The van der Waals surface area contributed by atoms with Crippen LogP contribution in [-0.4, -0.2) is 11.7 Å². The number of hydrogen-bond acceptors (Lipinski definition) is 1. The third kappa shape index (κ3) is 0.860. The molecule has 0 aliphatic heterocycles. The first-order chi connectivity index (χ1) is 7.50.